The molecule has 0 saturated heterocycles. The summed E-state index contributed by atoms with van der Waals surface area (Å²) in [6.07, 6.45) is 4.81. The zero-order chi connectivity index (χ0) is 11.6. The molecule has 0 unspecified atom stereocenters. The van der Waals surface area contributed by atoms with E-state index in [1.165, 1.54) is 18.2 Å². The van der Waals surface area contributed by atoms with E-state index in [9.17, 15) is 8.78 Å². The van der Waals surface area contributed by atoms with Crippen molar-refractivity contribution in [2.45, 2.75) is 37.6 Å². The molecule has 4 heteroatoms. The molecule has 0 bridgehead atoms. The quantitative estimate of drug-likeness (QED) is 0.855. The van der Waals surface area contributed by atoms with Gasteiger partial charge in [-0.2, -0.15) is 0 Å². The molecule has 1 aromatic carbocycles. The van der Waals surface area contributed by atoms with Gasteiger partial charge in [-0.25, -0.2) is 8.78 Å². The average molecular weight is 262 g/mol. The first kappa shape index (κ1) is 14.4. The van der Waals surface area contributed by atoms with Crippen molar-refractivity contribution in [1.82, 2.24) is 5.32 Å². The molecule has 1 aromatic rings. The van der Waals surface area contributed by atoms with Gasteiger partial charge in [-0.1, -0.05) is 25.3 Å². The molecule has 0 aromatic heterocycles. The molecule has 96 valence electrons. The van der Waals surface area contributed by atoms with E-state index >= 15 is 0 Å². The zero-order valence-corrected chi connectivity index (χ0v) is 10.7. The van der Waals surface area contributed by atoms with E-state index in [0.717, 1.165) is 32.1 Å². The van der Waals surface area contributed by atoms with Gasteiger partial charge in [-0.3, -0.25) is 0 Å². The Kier molecular flexibility index (Phi) is 4.90. The molecule has 0 aliphatic heterocycles. The van der Waals surface area contributed by atoms with E-state index < -0.39 is 17.2 Å². The van der Waals surface area contributed by atoms with Crippen LogP contribution in [0, 0.1) is 11.6 Å². The Morgan fingerprint density at radius 2 is 1.59 bits per heavy atom. The molecule has 1 fully saturated rings. The summed E-state index contributed by atoms with van der Waals surface area (Å²) in [7, 11) is 1.79. The fraction of sp³-hybridized carbons (Fsp3) is 0.538. The van der Waals surface area contributed by atoms with E-state index in [2.05, 4.69) is 5.32 Å². The van der Waals surface area contributed by atoms with Gasteiger partial charge in [-0.05, 0) is 32.0 Å². The highest BCUT2D eigenvalue weighted by Gasteiger charge is 2.36. The summed E-state index contributed by atoms with van der Waals surface area (Å²) < 4.78 is 27.6. The van der Waals surface area contributed by atoms with Crippen molar-refractivity contribution in [1.29, 1.82) is 0 Å². The van der Waals surface area contributed by atoms with Gasteiger partial charge < -0.3 is 5.32 Å². The second-order valence-electron chi connectivity index (χ2n) is 4.49. The van der Waals surface area contributed by atoms with Crippen molar-refractivity contribution in [2.75, 3.05) is 7.05 Å². The fourth-order valence-electron chi connectivity index (χ4n) is 2.74. The van der Waals surface area contributed by atoms with Crippen LogP contribution in [0.25, 0.3) is 0 Å². The third-order valence-electron chi connectivity index (χ3n) is 3.63. The number of hydrogen-bond donors (Lipinski definition) is 1. The van der Waals surface area contributed by atoms with Crippen LogP contribution in [-0.2, 0) is 5.54 Å². The molecule has 0 atom stereocenters. The van der Waals surface area contributed by atoms with E-state index in [1.54, 1.807) is 7.05 Å². The number of hydrogen-bond acceptors (Lipinski definition) is 1. The van der Waals surface area contributed by atoms with Gasteiger partial charge in [0.25, 0.3) is 0 Å². The van der Waals surface area contributed by atoms with Crippen molar-refractivity contribution < 1.29 is 8.78 Å². The highest BCUT2D eigenvalue weighted by atomic mass is 35.5. The van der Waals surface area contributed by atoms with E-state index in [1.807, 2.05) is 0 Å². The van der Waals surface area contributed by atoms with E-state index in [0.29, 0.717) is 0 Å². The van der Waals surface area contributed by atoms with E-state index in [-0.39, 0.29) is 18.0 Å². The molecule has 0 amide bonds. The summed E-state index contributed by atoms with van der Waals surface area (Å²) >= 11 is 0. The van der Waals surface area contributed by atoms with Gasteiger partial charge >= 0.3 is 0 Å². The normalized spacial score (nSPS) is 18.5. The average Bonchev–Trinajstić information content (AvgIpc) is 2.30. The summed E-state index contributed by atoms with van der Waals surface area (Å²) in [4.78, 5) is 0. The van der Waals surface area contributed by atoms with Crippen LogP contribution in [0.15, 0.2) is 18.2 Å². The molecule has 1 aliphatic rings. The van der Waals surface area contributed by atoms with Gasteiger partial charge in [0.05, 0.1) is 0 Å². The summed E-state index contributed by atoms with van der Waals surface area (Å²) in [6.45, 7) is 0. The maximum absolute atomic E-state index is 13.8. The molecule has 1 aliphatic carbocycles. The molecule has 17 heavy (non-hydrogen) atoms. The first-order valence-corrected chi connectivity index (χ1v) is 5.83. The molecule has 1 N–H and O–H groups in total. The first-order chi connectivity index (χ1) is 7.69. The Labute approximate surface area is 107 Å². The second kappa shape index (κ2) is 5.78. The molecule has 0 spiro atoms. The van der Waals surface area contributed by atoms with Gasteiger partial charge in [0.15, 0.2) is 0 Å². The summed E-state index contributed by atoms with van der Waals surface area (Å²) in [6, 6.07) is 4.10. The Balaban J connectivity index is 0.00000144. The van der Waals surface area contributed by atoms with Crippen LogP contribution in [0.3, 0.4) is 0 Å². The maximum Gasteiger partial charge on any atom is 0.131 e. The highest BCUT2D eigenvalue weighted by Crippen LogP contribution is 2.39. The molecule has 1 saturated carbocycles. The summed E-state index contributed by atoms with van der Waals surface area (Å²) in [5.41, 5.74) is -0.287. The Morgan fingerprint density at radius 3 is 2.06 bits per heavy atom. The minimum Gasteiger partial charge on any atom is -0.310 e. The number of halogens is 3. The lowest BCUT2D eigenvalue weighted by atomic mass is 9.76. The number of nitrogens with one attached hydrogen (secondary N) is 1. The summed E-state index contributed by atoms with van der Waals surface area (Å²) in [5.74, 6) is -0.868. The lowest BCUT2D eigenvalue weighted by molar-refractivity contribution is 0.234. The summed E-state index contributed by atoms with van der Waals surface area (Å²) in [5, 5.41) is 3.14. The standard InChI is InChI=1S/C13H17F2N.ClH/c1-16-13(8-3-2-4-9-13)12-10(14)6-5-7-11(12)15;/h5-7,16H,2-4,8-9H2,1H3;1H. The van der Waals surface area contributed by atoms with Crippen molar-refractivity contribution in [3.63, 3.8) is 0 Å². The van der Waals surface area contributed by atoms with Gasteiger partial charge in [0, 0.05) is 11.1 Å². The van der Waals surface area contributed by atoms with Crippen LogP contribution >= 0.6 is 12.4 Å². The molecule has 1 nitrogen and oxygen atoms in total. The Morgan fingerprint density at radius 1 is 1.06 bits per heavy atom. The van der Waals surface area contributed by atoms with E-state index in [4.69, 9.17) is 0 Å². The molecular weight excluding hydrogens is 244 g/mol. The Hall–Kier alpha value is -0.670. The SMILES string of the molecule is CNC1(c2c(F)cccc2F)CCCCC1.Cl. The monoisotopic (exact) mass is 261 g/mol. The minimum atomic E-state index is -0.506. The lowest BCUT2D eigenvalue weighted by Crippen LogP contribution is -2.43. The smallest absolute Gasteiger partial charge is 0.131 e. The predicted octanol–water partition coefficient (Wildman–Crippen LogP) is 3.77. The molecule has 0 heterocycles. The van der Waals surface area contributed by atoms with Crippen LogP contribution in [-0.4, -0.2) is 7.05 Å². The molecular formula is C13H18ClF2N. The van der Waals surface area contributed by atoms with Gasteiger partial charge in [-0.15, -0.1) is 12.4 Å². The first-order valence-electron chi connectivity index (χ1n) is 5.83. The van der Waals surface area contributed by atoms with Crippen LogP contribution in [0.1, 0.15) is 37.7 Å². The van der Waals surface area contributed by atoms with Crippen molar-refractivity contribution in [3.8, 4) is 0 Å². The van der Waals surface area contributed by atoms with Gasteiger partial charge in [0.1, 0.15) is 11.6 Å². The van der Waals surface area contributed by atoms with Crippen LogP contribution in [0.5, 0.6) is 0 Å². The number of rotatable bonds is 2. The van der Waals surface area contributed by atoms with Crippen molar-refractivity contribution >= 4 is 12.4 Å². The number of benzene rings is 1. The van der Waals surface area contributed by atoms with Crippen LogP contribution in [0.2, 0.25) is 0 Å². The largest absolute Gasteiger partial charge is 0.310 e. The Bertz CT molecular complexity index is 355. The third-order valence-corrected chi connectivity index (χ3v) is 3.63. The van der Waals surface area contributed by atoms with Crippen LogP contribution < -0.4 is 5.32 Å². The fourth-order valence-corrected chi connectivity index (χ4v) is 2.74. The topological polar surface area (TPSA) is 12.0 Å². The minimum absolute atomic E-state index is 0. The van der Waals surface area contributed by atoms with Gasteiger partial charge in [0.2, 0.25) is 0 Å². The maximum atomic E-state index is 13.8. The second-order valence-corrected chi connectivity index (χ2v) is 4.49. The van der Waals surface area contributed by atoms with Crippen LogP contribution in [0.4, 0.5) is 8.78 Å². The van der Waals surface area contributed by atoms with Crippen molar-refractivity contribution in [3.05, 3.63) is 35.4 Å². The predicted molar refractivity (Wildman–Crippen MR) is 67.4 cm³/mol. The van der Waals surface area contributed by atoms with Crippen molar-refractivity contribution in [2.24, 2.45) is 0 Å². The zero-order valence-electron chi connectivity index (χ0n) is 9.93. The molecule has 0 radical (unpaired) electrons. The highest BCUT2D eigenvalue weighted by molar-refractivity contribution is 5.85. The molecule has 2 rings (SSSR count). The lowest BCUT2D eigenvalue weighted by Gasteiger charge is -2.38. The third kappa shape index (κ3) is 2.61.